The maximum Gasteiger partial charge on any atom is 0.129 e. The zero-order valence-electron chi connectivity index (χ0n) is 10.7. The van der Waals surface area contributed by atoms with Gasteiger partial charge < -0.3 is 10.8 Å². The Kier molecular flexibility index (Phi) is 3.63. The Bertz CT molecular complexity index is 525. The quantitative estimate of drug-likeness (QED) is 0.870. The fraction of sp³-hybridized carbons (Fsp3) is 0.267. The lowest BCUT2D eigenvalue weighted by Gasteiger charge is -2.20. The standard InChI is InChI=1S/C15H18N2O/c1-10-8-13(15(16)17-9-10)14(18)11(2)12-6-4-3-5-7-12/h3-9,11,14,18H,1-2H3,(H2,16,17). The van der Waals surface area contributed by atoms with E-state index < -0.39 is 6.10 Å². The number of nitrogen functional groups attached to an aromatic ring is 1. The van der Waals surface area contributed by atoms with Gasteiger partial charge in [-0.3, -0.25) is 0 Å². The fourth-order valence-electron chi connectivity index (χ4n) is 2.05. The van der Waals surface area contributed by atoms with Gasteiger partial charge in [-0.15, -0.1) is 0 Å². The summed E-state index contributed by atoms with van der Waals surface area (Å²) >= 11 is 0. The Hall–Kier alpha value is -1.87. The van der Waals surface area contributed by atoms with Gasteiger partial charge in [-0.2, -0.15) is 0 Å². The van der Waals surface area contributed by atoms with Crippen LogP contribution in [0, 0.1) is 6.92 Å². The molecule has 0 saturated heterocycles. The van der Waals surface area contributed by atoms with Crippen molar-refractivity contribution >= 4 is 5.82 Å². The highest BCUT2D eigenvalue weighted by Crippen LogP contribution is 2.32. The molecule has 2 rings (SSSR count). The van der Waals surface area contributed by atoms with Crippen LogP contribution in [-0.2, 0) is 0 Å². The van der Waals surface area contributed by atoms with Crippen molar-refractivity contribution in [3.05, 3.63) is 59.3 Å². The third-order valence-electron chi connectivity index (χ3n) is 3.20. The van der Waals surface area contributed by atoms with Gasteiger partial charge in [-0.1, -0.05) is 37.3 Å². The molecule has 0 aliphatic rings. The van der Waals surface area contributed by atoms with Gasteiger partial charge in [-0.25, -0.2) is 4.98 Å². The van der Waals surface area contributed by atoms with Crippen LogP contribution in [0.1, 0.15) is 35.6 Å². The zero-order chi connectivity index (χ0) is 13.1. The van der Waals surface area contributed by atoms with Gasteiger partial charge in [0.2, 0.25) is 0 Å². The van der Waals surface area contributed by atoms with Crippen LogP contribution in [0.15, 0.2) is 42.6 Å². The molecule has 0 aliphatic heterocycles. The summed E-state index contributed by atoms with van der Waals surface area (Å²) < 4.78 is 0. The van der Waals surface area contributed by atoms with Crippen LogP contribution in [0.4, 0.5) is 5.82 Å². The van der Waals surface area contributed by atoms with Crippen LogP contribution in [-0.4, -0.2) is 10.1 Å². The van der Waals surface area contributed by atoms with E-state index in [4.69, 9.17) is 5.73 Å². The molecule has 0 saturated carbocycles. The van der Waals surface area contributed by atoms with E-state index in [1.54, 1.807) is 6.20 Å². The number of aromatic nitrogens is 1. The number of hydrogen-bond acceptors (Lipinski definition) is 3. The summed E-state index contributed by atoms with van der Waals surface area (Å²) in [5.41, 5.74) is 8.62. The van der Waals surface area contributed by atoms with E-state index in [0.29, 0.717) is 11.4 Å². The zero-order valence-corrected chi connectivity index (χ0v) is 10.7. The number of aliphatic hydroxyl groups is 1. The fourth-order valence-corrected chi connectivity index (χ4v) is 2.05. The number of nitrogens with two attached hydrogens (primary N) is 1. The Morgan fingerprint density at radius 3 is 2.56 bits per heavy atom. The maximum absolute atomic E-state index is 10.4. The second kappa shape index (κ2) is 5.19. The number of pyridine rings is 1. The van der Waals surface area contributed by atoms with Gasteiger partial charge in [0, 0.05) is 17.7 Å². The van der Waals surface area contributed by atoms with E-state index >= 15 is 0 Å². The molecule has 0 fully saturated rings. The molecule has 2 atom stereocenters. The van der Waals surface area contributed by atoms with E-state index in [1.807, 2.05) is 50.2 Å². The molecule has 3 nitrogen and oxygen atoms in total. The van der Waals surface area contributed by atoms with Gasteiger partial charge >= 0.3 is 0 Å². The van der Waals surface area contributed by atoms with E-state index in [9.17, 15) is 5.11 Å². The normalized spacial score (nSPS) is 14.2. The SMILES string of the molecule is Cc1cnc(N)c(C(O)C(C)c2ccccc2)c1. The number of benzene rings is 1. The molecule has 0 spiro atoms. The predicted molar refractivity (Wildman–Crippen MR) is 73.2 cm³/mol. The summed E-state index contributed by atoms with van der Waals surface area (Å²) in [5.74, 6) is 0.382. The van der Waals surface area contributed by atoms with Crippen LogP contribution < -0.4 is 5.73 Å². The lowest BCUT2D eigenvalue weighted by atomic mass is 9.90. The van der Waals surface area contributed by atoms with Gasteiger partial charge in [0.15, 0.2) is 0 Å². The highest BCUT2D eigenvalue weighted by Gasteiger charge is 2.20. The van der Waals surface area contributed by atoms with Crippen LogP contribution in [0.2, 0.25) is 0 Å². The molecule has 2 aromatic rings. The first kappa shape index (κ1) is 12.6. The average Bonchev–Trinajstić information content (AvgIpc) is 2.41. The number of aryl methyl sites for hydroxylation is 1. The third-order valence-corrected chi connectivity index (χ3v) is 3.20. The summed E-state index contributed by atoms with van der Waals surface area (Å²) in [4.78, 5) is 4.09. The van der Waals surface area contributed by atoms with E-state index in [1.165, 1.54) is 0 Å². The van der Waals surface area contributed by atoms with Crippen LogP contribution >= 0.6 is 0 Å². The molecule has 1 heterocycles. The second-order valence-electron chi connectivity index (χ2n) is 4.63. The molecular formula is C15H18N2O. The predicted octanol–water partition coefficient (Wildman–Crippen LogP) is 2.81. The minimum Gasteiger partial charge on any atom is -0.388 e. The highest BCUT2D eigenvalue weighted by molar-refractivity contribution is 5.43. The van der Waals surface area contributed by atoms with Crippen molar-refractivity contribution < 1.29 is 5.11 Å². The van der Waals surface area contributed by atoms with Gasteiger partial charge in [0.05, 0.1) is 6.10 Å². The largest absolute Gasteiger partial charge is 0.388 e. The lowest BCUT2D eigenvalue weighted by molar-refractivity contribution is 0.152. The summed E-state index contributed by atoms with van der Waals surface area (Å²) in [6, 6.07) is 11.8. The van der Waals surface area contributed by atoms with Crippen molar-refractivity contribution in [3.8, 4) is 0 Å². The van der Waals surface area contributed by atoms with Crippen molar-refractivity contribution in [2.24, 2.45) is 0 Å². The molecule has 3 N–H and O–H groups in total. The summed E-state index contributed by atoms with van der Waals surface area (Å²) in [6.07, 6.45) is 1.07. The smallest absolute Gasteiger partial charge is 0.129 e. The van der Waals surface area contributed by atoms with Gasteiger partial charge in [-0.05, 0) is 24.1 Å². The Morgan fingerprint density at radius 2 is 1.89 bits per heavy atom. The first-order chi connectivity index (χ1) is 8.59. The van der Waals surface area contributed by atoms with Gasteiger partial charge in [0.1, 0.15) is 5.82 Å². The number of rotatable bonds is 3. The minimum absolute atomic E-state index is 0.0166. The molecule has 0 bridgehead atoms. The molecule has 18 heavy (non-hydrogen) atoms. The summed E-state index contributed by atoms with van der Waals surface area (Å²) in [5, 5.41) is 10.4. The van der Waals surface area contributed by atoms with Crippen molar-refractivity contribution in [1.82, 2.24) is 4.98 Å². The first-order valence-electron chi connectivity index (χ1n) is 6.04. The highest BCUT2D eigenvalue weighted by atomic mass is 16.3. The van der Waals surface area contributed by atoms with Crippen molar-refractivity contribution in [1.29, 1.82) is 0 Å². The summed E-state index contributed by atoms with van der Waals surface area (Å²) in [7, 11) is 0. The van der Waals surface area contributed by atoms with Gasteiger partial charge in [0.25, 0.3) is 0 Å². The maximum atomic E-state index is 10.4. The van der Waals surface area contributed by atoms with Crippen LogP contribution in [0.5, 0.6) is 0 Å². The third kappa shape index (κ3) is 2.51. The number of nitrogens with zero attached hydrogens (tertiary/aromatic N) is 1. The molecule has 0 amide bonds. The molecule has 3 heteroatoms. The summed E-state index contributed by atoms with van der Waals surface area (Å²) in [6.45, 7) is 3.93. The topological polar surface area (TPSA) is 59.1 Å². The Balaban J connectivity index is 2.31. The van der Waals surface area contributed by atoms with Crippen LogP contribution in [0.25, 0.3) is 0 Å². The number of anilines is 1. The Labute approximate surface area is 107 Å². The second-order valence-corrected chi connectivity index (χ2v) is 4.63. The number of aliphatic hydroxyl groups excluding tert-OH is 1. The molecule has 1 aromatic carbocycles. The van der Waals surface area contributed by atoms with E-state index in [-0.39, 0.29) is 5.92 Å². The average molecular weight is 242 g/mol. The monoisotopic (exact) mass is 242 g/mol. The first-order valence-corrected chi connectivity index (χ1v) is 6.04. The molecular weight excluding hydrogens is 224 g/mol. The molecule has 2 unspecified atom stereocenters. The minimum atomic E-state index is -0.639. The van der Waals surface area contributed by atoms with E-state index in [0.717, 1.165) is 11.1 Å². The molecule has 94 valence electrons. The molecule has 0 aliphatic carbocycles. The lowest BCUT2D eigenvalue weighted by Crippen LogP contribution is -2.11. The Morgan fingerprint density at radius 1 is 1.22 bits per heavy atom. The van der Waals surface area contributed by atoms with Crippen LogP contribution in [0.3, 0.4) is 0 Å². The van der Waals surface area contributed by atoms with E-state index in [2.05, 4.69) is 4.98 Å². The van der Waals surface area contributed by atoms with Crippen molar-refractivity contribution in [3.63, 3.8) is 0 Å². The molecule has 1 aromatic heterocycles. The molecule has 0 radical (unpaired) electrons. The number of hydrogen-bond donors (Lipinski definition) is 2. The van der Waals surface area contributed by atoms with Crippen molar-refractivity contribution in [2.75, 3.05) is 5.73 Å². The van der Waals surface area contributed by atoms with Crippen molar-refractivity contribution in [2.45, 2.75) is 25.9 Å².